The Morgan fingerprint density at radius 2 is 2.45 bits per heavy atom. The van der Waals surface area contributed by atoms with Crippen LogP contribution >= 0.6 is 0 Å². The minimum Gasteiger partial charge on any atom is -0.277 e. The van der Waals surface area contributed by atoms with E-state index in [9.17, 15) is 0 Å². The van der Waals surface area contributed by atoms with Crippen LogP contribution in [0.2, 0.25) is 0 Å². The van der Waals surface area contributed by atoms with Gasteiger partial charge in [-0.15, -0.1) is 0 Å². The zero-order chi connectivity index (χ0) is 7.68. The second-order valence-electron chi connectivity index (χ2n) is 2.21. The number of aromatic nitrogens is 2. The second-order valence-corrected chi connectivity index (χ2v) is 2.21. The summed E-state index contributed by atoms with van der Waals surface area (Å²) in [5.74, 6) is 0. The van der Waals surface area contributed by atoms with E-state index in [0.717, 1.165) is 10.9 Å². The lowest BCUT2D eigenvalue weighted by Gasteiger charge is -1.86. The van der Waals surface area contributed by atoms with Gasteiger partial charge in [0.15, 0.2) is 0 Å². The molecule has 0 unspecified atom stereocenters. The van der Waals surface area contributed by atoms with Crippen LogP contribution in [0.1, 0.15) is 5.56 Å². The molecule has 2 rings (SSSR count). The quantitative estimate of drug-likeness (QED) is 0.601. The molecular weight excluding hydrogens is 138 g/mol. The first-order valence-electron chi connectivity index (χ1n) is 3.16. The Labute approximate surface area is 63.3 Å². The summed E-state index contributed by atoms with van der Waals surface area (Å²) >= 11 is 0. The van der Waals surface area contributed by atoms with Gasteiger partial charge in [-0.25, -0.2) is 0 Å². The summed E-state index contributed by atoms with van der Waals surface area (Å²) in [6.45, 7) is 0. The highest BCUT2D eigenvalue weighted by Crippen LogP contribution is 2.10. The highest BCUT2D eigenvalue weighted by Gasteiger charge is 1.95. The van der Waals surface area contributed by atoms with Gasteiger partial charge in [-0.2, -0.15) is 10.4 Å². The first-order chi connectivity index (χ1) is 5.40. The smallest absolute Gasteiger partial charge is 0.121 e. The maximum absolute atomic E-state index is 8.54. The SMILES string of the molecule is N#Cc1ccc2[nH]n[c]c2c1. The van der Waals surface area contributed by atoms with Crippen LogP contribution in [0, 0.1) is 17.5 Å². The number of aromatic amines is 1. The van der Waals surface area contributed by atoms with E-state index in [2.05, 4.69) is 16.4 Å². The first kappa shape index (κ1) is 5.93. The predicted octanol–water partition coefficient (Wildman–Crippen LogP) is 1.23. The summed E-state index contributed by atoms with van der Waals surface area (Å²) < 4.78 is 0. The van der Waals surface area contributed by atoms with Crippen molar-refractivity contribution in [3.8, 4) is 6.07 Å². The van der Waals surface area contributed by atoms with Gasteiger partial charge in [-0.05, 0) is 18.2 Å². The molecular formula is C8H4N3. The molecule has 1 aromatic heterocycles. The number of nitrogens with zero attached hydrogens (tertiary/aromatic N) is 2. The highest BCUT2D eigenvalue weighted by molar-refractivity contribution is 5.78. The van der Waals surface area contributed by atoms with Crippen LogP contribution in [0.5, 0.6) is 0 Å². The summed E-state index contributed by atoms with van der Waals surface area (Å²) in [4.78, 5) is 0. The number of fused-ring (bicyclic) bond motifs is 1. The Kier molecular flexibility index (Phi) is 1.13. The van der Waals surface area contributed by atoms with Gasteiger partial charge in [-0.1, -0.05) is 0 Å². The van der Waals surface area contributed by atoms with Gasteiger partial charge in [0.2, 0.25) is 0 Å². The van der Waals surface area contributed by atoms with Crippen LogP contribution in [0.4, 0.5) is 0 Å². The lowest BCUT2D eigenvalue weighted by atomic mass is 10.2. The van der Waals surface area contributed by atoms with Crippen LogP contribution in [0.25, 0.3) is 10.9 Å². The van der Waals surface area contributed by atoms with E-state index in [1.807, 2.05) is 12.1 Å². The van der Waals surface area contributed by atoms with Crippen molar-refractivity contribution in [3.63, 3.8) is 0 Å². The molecule has 3 heteroatoms. The Morgan fingerprint density at radius 1 is 1.55 bits per heavy atom. The lowest BCUT2D eigenvalue weighted by Crippen LogP contribution is -1.72. The van der Waals surface area contributed by atoms with Crippen LogP contribution in [0.3, 0.4) is 0 Å². The van der Waals surface area contributed by atoms with E-state index >= 15 is 0 Å². The Morgan fingerprint density at radius 3 is 3.27 bits per heavy atom. The van der Waals surface area contributed by atoms with Crippen molar-refractivity contribution in [1.29, 1.82) is 5.26 Å². The fourth-order valence-corrected chi connectivity index (χ4v) is 0.952. The highest BCUT2D eigenvalue weighted by atomic mass is 15.1. The van der Waals surface area contributed by atoms with Crippen LogP contribution < -0.4 is 0 Å². The zero-order valence-corrected chi connectivity index (χ0v) is 5.63. The van der Waals surface area contributed by atoms with Crippen molar-refractivity contribution in [3.05, 3.63) is 30.0 Å². The summed E-state index contributed by atoms with van der Waals surface area (Å²) in [7, 11) is 0. The number of nitriles is 1. The molecule has 1 heterocycles. The molecule has 0 amide bonds. The van der Waals surface area contributed by atoms with Crippen molar-refractivity contribution in [2.45, 2.75) is 0 Å². The van der Waals surface area contributed by atoms with Crippen molar-refractivity contribution < 1.29 is 0 Å². The Bertz CT molecular complexity index is 422. The molecule has 0 aliphatic carbocycles. The zero-order valence-electron chi connectivity index (χ0n) is 5.63. The van der Waals surface area contributed by atoms with Crippen LogP contribution in [0.15, 0.2) is 18.2 Å². The summed E-state index contributed by atoms with van der Waals surface area (Å²) in [6.07, 6.45) is 2.74. The molecule has 1 radical (unpaired) electrons. The third-order valence-electron chi connectivity index (χ3n) is 1.50. The molecule has 0 saturated carbocycles. The first-order valence-corrected chi connectivity index (χ1v) is 3.16. The number of hydrogen-bond acceptors (Lipinski definition) is 2. The van der Waals surface area contributed by atoms with Crippen LogP contribution in [-0.2, 0) is 0 Å². The molecule has 51 valence electrons. The van der Waals surface area contributed by atoms with Crippen molar-refractivity contribution in [2.24, 2.45) is 0 Å². The maximum atomic E-state index is 8.54. The topological polar surface area (TPSA) is 52.5 Å². The summed E-state index contributed by atoms with van der Waals surface area (Å²) in [5.41, 5.74) is 1.54. The van der Waals surface area contributed by atoms with Crippen molar-refractivity contribution >= 4 is 10.9 Å². The minimum atomic E-state index is 0.634. The molecule has 1 N–H and O–H groups in total. The number of nitrogens with one attached hydrogen (secondary N) is 1. The number of H-pyrrole nitrogens is 1. The van der Waals surface area contributed by atoms with E-state index in [1.165, 1.54) is 0 Å². The molecule has 0 bridgehead atoms. The van der Waals surface area contributed by atoms with Gasteiger partial charge in [0.25, 0.3) is 0 Å². The Balaban J connectivity index is 2.79. The summed E-state index contributed by atoms with van der Waals surface area (Å²) in [6, 6.07) is 7.36. The molecule has 2 aromatic rings. The molecule has 0 aliphatic heterocycles. The number of benzene rings is 1. The average Bonchev–Trinajstić information content (AvgIpc) is 2.50. The van der Waals surface area contributed by atoms with Crippen molar-refractivity contribution in [2.75, 3.05) is 0 Å². The number of hydrogen-bond donors (Lipinski definition) is 1. The lowest BCUT2D eigenvalue weighted by molar-refractivity contribution is 1.11. The molecule has 11 heavy (non-hydrogen) atoms. The molecule has 0 saturated heterocycles. The van der Waals surface area contributed by atoms with E-state index < -0.39 is 0 Å². The fourth-order valence-electron chi connectivity index (χ4n) is 0.952. The predicted molar refractivity (Wildman–Crippen MR) is 39.6 cm³/mol. The van der Waals surface area contributed by atoms with Crippen molar-refractivity contribution in [1.82, 2.24) is 10.2 Å². The normalized spacial score (nSPS) is 9.73. The third kappa shape index (κ3) is 0.849. The van der Waals surface area contributed by atoms with E-state index in [4.69, 9.17) is 5.26 Å². The third-order valence-corrected chi connectivity index (χ3v) is 1.50. The largest absolute Gasteiger partial charge is 0.277 e. The molecule has 0 fully saturated rings. The molecule has 0 spiro atoms. The van der Waals surface area contributed by atoms with Gasteiger partial charge >= 0.3 is 0 Å². The standard InChI is InChI=1S/C8H4N3/c9-4-6-1-2-8-7(3-6)5-10-11-8/h1-3H,(H,10,11). The van der Waals surface area contributed by atoms with Gasteiger partial charge in [-0.3, -0.25) is 5.10 Å². The summed E-state index contributed by atoms with van der Waals surface area (Å²) in [5, 5.41) is 15.9. The van der Waals surface area contributed by atoms with Gasteiger partial charge < -0.3 is 0 Å². The van der Waals surface area contributed by atoms with Gasteiger partial charge in [0, 0.05) is 5.39 Å². The van der Waals surface area contributed by atoms with E-state index in [-0.39, 0.29) is 0 Å². The average molecular weight is 142 g/mol. The Hall–Kier alpha value is -1.82. The molecule has 1 aromatic carbocycles. The van der Waals surface area contributed by atoms with E-state index in [0.29, 0.717) is 5.56 Å². The molecule has 0 atom stereocenters. The van der Waals surface area contributed by atoms with E-state index in [1.54, 1.807) is 12.1 Å². The minimum absolute atomic E-state index is 0.634. The van der Waals surface area contributed by atoms with Gasteiger partial charge in [0.1, 0.15) is 6.20 Å². The van der Waals surface area contributed by atoms with Crippen LogP contribution in [-0.4, -0.2) is 10.2 Å². The number of rotatable bonds is 0. The monoisotopic (exact) mass is 142 g/mol. The second kappa shape index (κ2) is 2.10. The molecule has 3 nitrogen and oxygen atoms in total. The van der Waals surface area contributed by atoms with Gasteiger partial charge in [0.05, 0.1) is 17.1 Å². The maximum Gasteiger partial charge on any atom is 0.121 e. The molecule has 0 aliphatic rings. The fraction of sp³-hybridized carbons (Fsp3) is 0.